The Morgan fingerprint density at radius 3 is 2.30 bits per heavy atom. The fraction of sp³-hybridized carbons (Fsp3) is 0.188. The molecule has 1 amide bonds. The van der Waals surface area contributed by atoms with E-state index in [9.17, 15) is 18.0 Å². The van der Waals surface area contributed by atoms with Crippen LogP contribution in [-0.2, 0) is 0 Å². The second kappa shape index (κ2) is 7.04. The lowest BCUT2D eigenvalue weighted by Crippen LogP contribution is -2.20. The van der Waals surface area contributed by atoms with E-state index >= 15 is 0 Å². The smallest absolute Gasteiger partial charge is 0.422 e. The quantitative estimate of drug-likeness (QED) is 0.907. The molecule has 7 heteroatoms. The molecular weight excluding hydrogens is 311 g/mol. The SMILES string of the molecule is COc1ccccc1C(=O)Nc1ccccc1OCC(F)(F)F. The summed E-state index contributed by atoms with van der Waals surface area (Å²) < 4.78 is 46.6. The number of halogens is 3. The maximum atomic E-state index is 12.3. The van der Waals surface area contributed by atoms with Gasteiger partial charge >= 0.3 is 6.18 Å². The molecule has 0 radical (unpaired) electrons. The Balaban J connectivity index is 2.18. The second-order valence-electron chi connectivity index (χ2n) is 4.55. The summed E-state index contributed by atoms with van der Waals surface area (Å²) in [5, 5.41) is 2.53. The molecule has 0 heterocycles. The van der Waals surface area contributed by atoms with Gasteiger partial charge in [0.2, 0.25) is 0 Å². The van der Waals surface area contributed by atoms with E-state index in [0.717, 1.165) is 0 Å². The number of para-hydroxylation sites is 3. The molecule has 0 aromatic heterocycles. The van der Waals surface area contributed by atoms with Crippen LogP contribution in [0.1, 0.15) is 10.4 Å². The molecule has 2 aromatic rings. The number of anilines is 1. The molecule has 2 rings (SSSR count). The Bertz CT molecular complexity index is 686. The third-order valence-corrected chi connectivity index (χ3v) is 2.88. The molecule has 1 N–H and O–H groups in total. The lowest BCUT2D eigenvalue weighted by Gasteiger charge is -2.14. The number of carbonyl (C=O) groups is 1. The largest absolute Gasteiger partial charge is 0.496 e. The van der Waals surface area contributed by atoms with Crippen molar-refractivity contribution in [3.05, 3.63) is 54.1 Å². The van der Waals surface area contributed by atoms with Crippen molar-refractivity contribution >= 4 is 11.6 Å². The van der Waals surface area contributed by atoms with E-state index in [-0.39, 0.29) is 17.0 Å². The van der Waals surface area contributed by atoms with Crippen molar-refractivity contribution in [2.24, 2.45) is 0 Å². The summed E-state index contributed by atoms with van der Waals surface area (Å²) in [6, 6.07) is 12.4. The van der Waals surface area contributed by atoms with Gasteiger partial charge in [-0.05, 0) is 24.3 Å². The Labute approximate surface area is 130 Å². The van der Waals surface area contributed by atoms with Gasteiger partial charge in [0.25, 0.3) is 5.91 Å². The van der Waals surface area contributed by atoms with Gasteiger partial charge in [-0.3, -0.25) is 4.79 Å². The van der Waals surface area contributed by atoms with Gasteiger partial charge in [0.1, 0.15) is 11.5 Å². The van der Waals surface area contributed by atoms with Crippen molar-refractivity contribution in [2.75, 3.05) is 19.0 Å². The minimum absolute atomic E-state index is 0.0620. The van der Waals surface area contributed by atoms with Crippen LogP contribution >= 0.6 is 0 Å². The van der Waals surface area contributed by atoms with Crippen molar-refractivity contribution in [2.45, 2.75) is 6.18 Å². The molecule has 2 aromatic carbocycles. The first-order valence-electron chi connectivity index (χ1n) is 6.63. The van der Waals surface area contributed by atoms with E-state index < -0.39 is 18.7 Å². The molecule has 0 fully saturated rings. The molecule has 0 unspecified atom stereocenters. The number of ether oxygens (including phenoxy) is 2. The highest BCUT2D eigenvalue weighted by Gasteiger charge is 2.29. The zero-order chi connectivity index (χ0) is 16.9. The zero-order valence-electron chi connectivity index (χ0n) is 12.2. The van der Waals surface area contributed by atoms with E-state index in [1.165, 1.54) is 25.3 Å². The molecule has 0 aliphatic heterocycles. The van der Waals surface area contributed by atoms with Gasteiger partial charge in [-0.1, -0.05) is 24.3 Å². The molecule has 0 saturated heterocycles. The predicted octanol–water partition coefficient (Wildman–Crippen LogP) is 3.89. The number of carbonyl (C=O) groups excluding carboxylic acids is 1. The molecule has 23 heavy (non-hydrogen) atoms. The molecule has 0 aliphatic rings. The normalized spacial score (nSPS) is 11.0. The number of nitrogens with one attached hydrogen (secondary N) is 1. The van der Waals surface area contributed by atoms with E-state index in [1.807, 2.05) is 0 Å². The van der Waals surface area contributed by atoms with Crippen LogP contribution in [0.4, 0.5) is 18.9 Å². The van der Waals surface area contributed by atoms with E-state index in [0.29, 0.717) is 5.75 Å². The fourth-order valence-corrected chi connectivity index (χ4v) is 1.88. The molecule has 0 atom stereocenters. The highest BCUT2D eigenvalue weighted by Crippen LogP contribution is 2.27. The average molecular weight is 325 g/mol. The van der Waals surface area contributed by atoms with Crippen molar-refractivity contribution < 1.29 is 27.4 Å². The highest BCUT2D eigenvalue weighted by atomic mass is 19.4. The Morgan fingerprint density at radius 1 is 1.04 bits per heavy atom. The minimum atomic E-state index is -4.46. The van der Waals surface area contributed by atoms with Gasteiger partial charge in [-0.25, -0.2) is 0 Å². The predicted molar refractivity (Wildman–Crippen MR) is 78.9 cm³/mol. The third-order valence-electron chi connectivity index (χ3n) is 2.88. The Hall–Kier alpha value is -2.70. The molecule has 0 spiro atoms. The number of hydrogen-bond acceptors (Lipinski definition) is 3. The molecule has 0 bridgehead atoms. The summed E-state index contributed by atoms with van der Waals surface area (Å²) >= 11 is 0. The number of benzene rings is 2. The first-order chi connectivity index (χ1) is 10.9. The van der Waals surface area contributed by atoms with E-state index in [1.54, 1.807) is 30.3 Å². The van der Waals surface area contributed by atoms with Crippen LogP contribution in [0.5, 0.6) is 11.5 Å². The molecule has 0 aliphatic carbocycles. The molecular formula is C16H14F3NO3. The fourth-order valence-electron chi connectivity index (χ4n) is 1.88. The summed E-state index contributed by atoms with van der Waals surface area (Å²) in [5.41, 5.74) is 0.410. The summed E-state index contributed by atoms with van der Waals surface area (Å²) in [5.74, 6) is -0.211. The van der Waals surface area contributed by atoms with E-state index in [4.69, 9.17) is 9.47 Å². The van der Waals surface area contributed by atoms with Gasteiger partial charge in [-0.2, -0.15) is 13.2 Å². The van der Waals surface area contributed by atoms with Crippen LogP contribution < -0.4 is 14.8 Å². The van der Waals surface area contributed by atoms with Gasteiger partial charge in [0.15, 0.2) is 6.61 Å². The standard InChI is InChI=1S/C16H14F3NO3/c1-22-13-8-4-2-6-11(13)15(21)20-12-7-3-5-9-14(12)23-10-16(17,18)19/h2-9H,10H2,1H3,(H,20,21). The van der Waals surface area contributed by atoms with E-state index in [2.05, 4.69) is 5.32 Å². The van der Waals surface area contributed by atoms with Gasteiger partial charge in [0, 0.05) is 0 Å². The van der Waals surface area contributed by atoms with Crippen molar-refractivity contribution in [3.8, 4) is 11.5 Å². The third kappa shape index (κ3) is 4.64. The molecule has 122 valence electrons. The van der Waals surface area contributed by atoms with Crippen LogP contribution in [0.25, 0.3) is 0 Å². The van der Waals surface area contributed by atoms with Crippen LogP contribution in [0.15, 0.2) is 48.5 Å². The number of hydrogen-bond donors (Lipinski definition) is 1. The Morgan fingerprint density at radius 2 is 1.65 bits per heavy atom. The maximum Gasteiger partial charge on any atom is 0.422 e. The van der Waals surface area contributed by atoms with Crippen molar-refractivity contribution in [3.63, 3.8) is 0 Å². The highest BCUT2D eigenvalue weighted by molar-refractivity contribution is 6.06. The second-order valence-corrected chi connectivity index (χ2v) is 4.55. The summed E-state index contributed by atoms with van der Waals surface area (Å²) in [7, 11) is 1.42. The topological polar surface area (TPSA) is 47.6 Å². The first kappa shape index (κ1) is 16.7. The van der Waals surface area contributed by atoms with Crippen molar-refractivity contribution in [1.29, 1.82) is 0 Å². The van der Waals surface area contributed by atoms with Gasteiger partial charge in [-0.15, -0.1) is 0 Å². The average Bonchev–Trinajstić information content (AvgIpc) is 2.53. The lowest BCUT2D eigenvalue weighted by molar-refractivity contribution is -0.153. The monoisotopic (exact) mass is 325 g/mol. The number of rotatable bonds is 5. The summed E-state index contributed by atoms with van der Waals surface area (Å²) in [4.78, 5) is 12.3. The van der Waals surface area contributed by atoms with Crippen LogP contribution in [0, 0.1) is 0 Å². The van der Waals surface area contributed by atoms with Crippen molar-refractivity contribution in [1.82, 2.24) is 0 Å². The Kier molecular flexibility index (Phi) is 5.10. The first-order valence-corrected chi connectivity index (χ1v) is 6.63. The molecule has 4 nitrogen and oxygen atoms in total. The molecule has 0 saturated carbocycles. The summed E-state index contributed by atoms with van der Waals surface area (Å²) in [6.45, 7) is -1.44. The number of alkyl halides is 3. The maximum absolute atomic E-state index is 12.3. The van der Waals surface area contributed by atoms with Crippen LogP contribution in [0.2, 0.25) is 0 Å². The van der Waals surface area contributed by atoms with Gasteiger partial charge < -0.3 is 14.8 Å². The zero-order valence-corrected chi connectivity index (χ0v) is 12.2. The lowest BCUT2D eigenvalue weighted by atomic mass is 10.2. The minimum Gasteiger partial charge on any atom is -0.496 e. The number of amides is 1. The number of methoxy groups -OCH3 is 1. The summed E-state index contributed by atoms with van der Waals surface area (Å²) in [6.07, 6.45) is -4.46. The van der Waals surface area contributed by atoms with Crippen LogP contribution in [0.3, 0.4) is 0 Å². The van der Waals surface area contributed by atoms with Crippen LogP contribution in [-0.4, -0.2) is 25.8 Å². The van der Waals surface area contributed by atoms with Gasteiger partial charge in [0.05, 0.1) is 18.4 Å².